The van der Waals surface area contributed by atoms with E-state index >= 15 is 0 Å². The lowest BCUT2D eigenvalue weighted by atomic mass is 10.1. The molecule has 2 rings (SSSR count). The molecule has 0 aromatic heterocycles. The summed E-state index contributed by atoms with van der Waals surface area (Å²) < 4.78 is 10.9. The predicted octanol–water partition coefficient (Wildman–Crippen LogP) is 7.15. The van der Waals surface area contributed by atoms with Crippen molar-refractivity contribution in [2.75, 3.05) is 18.6 Å². The average Bonchev–Trinajstić information content (AvgIpc) is 2.83. The number of amides is 2. The third kappa shape index (κ3) is 14.4. The van der Waals surface area contributed by atoms with Crippen molar-refractivity contribution in [2.24, 2.45) is 5.73 Å². The molecule has 0 fully saturated rings. The Morgan fingerprint density at radius 1 is 0.854 bits per heavy atom. The lowest BCUT2D eigenvalue weighted by Crippen LogP contribution is -2.40. The maximum atomic E-state index is 12.4. The van der Waals surface area contributed by atoms with Gasteiger partial charge in [0, 0.05) is 46.5 Å². The van der Waals surface area contributed by atoms with Crippen LogP contribution < -0.4 is 11.1 Å². The minimum Gasteiger partial charge on any atom is -0.444 e. The van der Waals surface area contributed by atoms with Crippen LogP contribution in [0.2, 0.25) is 0 Å². The molecule has 0 saturated heterocycles. The number of nitrogens with zero attached hydrogens (tertiary/aromatic N) is 1. The Morgan fingerprint density at radius 2 is 1.34 bits per heavy atom. The Hall–Kier alpha value is -2.36. The number of hydrogen-bond acceptors (Lipinski definition) is 7. The molecule has 41 heavy (non-hydrogen) atoms. The summed E-state index contributed by atoms with van der Waals surface area (Å²) in [5.41, 5.74) is 7.78. The molecule has 0 spiro atoms. The molecule has 0 aliphatic rings. The smallest absolute Gasteiger partial charge is 0.410 e. The quantitative estimate of drug-likeness (QED) is 0.249. The standard InChI is InChI=1S/C32H49N3O4S2/c1-22(34-29(36)38-31(3,4)5)16-24-12-10-14-27(18-24)40-20-26(33)21-41-28-15-11-13-25(19-28)17-23(2)35(9)30(37)39-32(6,7)8/h10-15,18-19,22-23,26H,16-17,20-21,33H2,1-9H3,(H,34,36)/t22-,23-,26?/m0/s1. The molecule has 0 heterocycles. The monoisotopic (exact) mass is 603 g/mol. The van der Waals surface area contributed by atoms with Crippen LogP contribution in [0.5, 0.6) is 0 Å². The number of nitrogens with two attached hydrogens (primary N) is 1. The first-order chi connectivity index (χ1) is 19.0. The fourth-order valence-corrected chi connectivity index (χ4v) is 5.90. The molecular formula is C32H49N3O4S2. The lowest BCUT2D eigenvalue weighted by Gasteiger charge is -2.28. The van der Waals surface area contributed by atoms with Gasteiger partial charge in [-0.05, 0) is 104 Å². The van der Waals surface area contributed by atoms with Gasteiger partial charge in [-0.3, -0.25) is 0 Å². The first-order valence-corrected chi connectivity index (χ1v) is 16.1. The summed E-state index contributed by atoms with van der Waals surface area (Å²) in [5, 5.41) is 2.91. The number of carbonyl (C=O) groups excluding carboxylic acids is 2. The fraction of sp³-hybridized carbons (Fsp3) is 0.562. The Balaban J connectivity index is 1.81. The summed E-state index contributed by atoms with van der Waals surface area (Å²) in [7, 11) is 1.78. The van der Waals surface area contributed by atoms with Crippen molar-refractivity contribution in [1.82, 2.24) is 10.2 Å². The van der Waals surface area contributed by atoms with E-state index in [0.717, 1.165) is 34.8 Å². The van der Waals surface area contributed by atoms with Crippen LogP contribution in [0.25, 0.3) is 0 Å². The number of benzene rings is 2. The topological polar surface area (TPSA) is 93.9 Å². The summed E-state index contributed by atoms with van der Waals surface area (Å²) in [6.45, 7) is 15.2. The van der Waals surface area contributed by atoms with Crippen LogP contribution in [0.3, 0.4) is 0 Å². The lowest BCUT2D eigenvalue weighted by molar-refractivity contribution is 0.0235. The van der Waals surface area contributed by atoms with Crippen molar-refractivity contribution in [3.63, 3.8) is 0 Å². The second-order valence-corrected chi connectivity index (χ2v) is 14.8. The van der Waals surface area contributed by atoms with Gasteiger partial charge in [0.15, 0.2) is 0 Å². The molecular weight excluding hydrogens is 555 g/mol. The number of alkyl carbamates (subject to hydrolysis) is 1. The van der Waals surface area contributed by atoms with E-state index in [9.17, 15) is 9.59 Å². The molecule has 0 saturated carbocycles. The largest absolute Gasteiger partial charge is 0.444 e. The molecule has 7 nitrogen and oxygen atoms in total. The SMILES string of the molecule is C[C@@H](Cc1cccc(SCC(N)CSc2cccc(C[C@H](C)N(C)C(=O)OC(C)(C)C)c2)c1)NC(=O)OC(C)(C)C. The van der Waals surface area contributed by atoms with E-state index in [2.05, 4.69) is 47.8 Å². The summed E-state index contributed by atoms with van der Waals surface area (Å²) in [6.07, 6.45) is 0.760. The van der Waals surface area contributed by atoms with Crippen molar-refractivity contribution in [2.45, 2.75) is 107 Å². The van der Waals surface area contributed by atoms with E-state index < -0.39 is 17.3 Å². The van der Waals surface area contributed by atoms with Crippen LogP contribution in [-0.2, 0) is 22.3 Å². The second kappa shape index (κ2) is 15.8. The van der Waals surface area contributed by atoms with Crippen molar-refractivity contribution >= 4 is 35.7 Å². The van der Waals surface area contributed by atoms with E-state index in [0.29, 0.717) is 0 Å². The van der Waals surface area contributed by atoms with E-state index in [1.807, 2.05) is 61.5 Å². The first-order valence-electron chi connectivity index (χ1n) is 14.1. The molecule has 9 heteroatoms. The summed E-state index contributed by atoms with van der Waals surface area (Å²) in [6, 6.07) is 16.8. The van der Waals surface area contributed by atoms with E-state index in [4.69, 9.17) is 15.2 Å². The van der Waals surface area contributed by atoms with Gasteiger partial charge in [-0.1, -0.05) is 24.3 Å². The summed E-state index contributed by atoms with van der Waals surface area (Å²) >= 11 is 3.50. The number of ether oxygens (including phenoxy) is 2. The number of likely N-dealkylation sites (N-methyl/N-ethyl adjacent to an activating group) is 1. The maximum absolute atomic E-state index is 12.4. The Bertz CT molecular complexity index is 1130. The van der Waals surface area contributed by atoms with Crippen LogP contribution >= 0.6 is 23.5 Å². The zero-order valence-corrected chi connectivity index (χ0v) is 27.8. The Morgan fingerprint density at radius 3 is 1.83 bits per heavy atom. The van der Waals surface area contributed by atoms with Crippen molar-refractivity contribution in [3.8, 4) is 0 Å². The molecule has 1 unspecified atom stereocenters. The molecule has 3 N–H and O–H groups in total. The van der Waals surface area contributed by atoms with Crippen LogP contribution in [0.1, 0.15) is 66.5 Å². The number of thioether (sulfide) groups is 2. The zero-order valence-electron chi connectivity index (χ0n) is 26.2. The normalized spacial score (nSPS) is 14.1. The Kier molecular flexibility index (Phi) is 13.4. The number of carbonyl (C=O) groups is 2. The summed E-state index contributed by atoms with van der Waals surface area (Å²) in [4.78, 5) is 28.5. The molecule has 0 bridgehead atoms. The average molecular weight is 604 g/mol. The number of rotatable bonds is 12. The van der Waals surface area contributed by atoms with Crippen LogP contribution in [-0.4, -0.2) is 65.0 Å². The van der Waals surface area contributed by atoms with E-state index in [1.165, 1.54) is 10.5 Å². The van der Waals surface area contributed by atoms with Crippen molar-refractivity contribution in [3.05, 3.63) is 59.7 Å². The van der Waals surface area contributed by atoms with Gasteiger partial charge in [0.05, 0.1) is 0 Å². The van der Waals surface area contributed by atoms with E-state index in [1.54, 1.807) is 35.5 Å². The highest BCUT2D eigenvalue weighted by atomic mass is 32.2. The van der Waals surface area contributed by atoms with Crippen LogP contribution in [0, 0.1) is 0 Å². The molecule has 3 atom stereocenters. The molecule has 2 aromatic carbocycles. The molecule has 2 amide bonds. The first kappa shape index (κ1) is 34.8. The maximum Gasteiger partial charge on any atom is 0.410 e. The highest BCUT2D eigenvalue weighted by Gasteiger charge is 2.23. The summed E-state index contributed by atoms with van der Waals surface area (Å²) in [5.74, 6) is 1.61. The minimum atomic E-state index is -0.515. The molecule has 0 aliphatic heterocycles. The van der Waals surface area contributed by atoms with Gasteiger partial charge in [-0.25, -0.2) is 9.59 Å². The zero-order chi connectivity index (χ0) is 30.8. The predicted molar refractivity (Wildman–Crippen MR) is 172 cm³/mol. The molecule has 0 radical (unpaired) electrons. The van der Waals surface area contributed by atoms with Crippen molar-refractivity contribution < 1.29 is 19.1 Å². The van der Waals surface area contributed by atoms with Gasteiger partial charge in [-0.2, -0.15) is 0 Å². The highest BCUT2D eigenvalue weighted by molar-refractivity contribution is 8.00. The Labute approximate surface area is 255 Å². The molecule has 228 valence electrons. The van der Waals surface area contributed by atoms with Gasteiger partial charge in [0.2, 0.25) is 0 Å². The third-order valence-electron chi connectivity index (χ3n) is 5.90. The number of hydrogen-bond donors (Lipinski definition) is 2. The van der Waals surface area contributed by atoms with Gasteiger partial charge < -0.3 is 25.4 Å². The number of nitrogens with one attached hydrogen (secondary N) is 1. The van der Waals surface area contributed by atoms with Crippen LogP contribution in [0.4, 0.5) is 9.59 Å². The fourth-order valence-electron chi connectivity index (χ4n) is 3.88. The highest BCUT2D eigenvalue weighted by Crippen LogP contribution is 2.25. The van der Waals surface area contributed by atoms with Gasteiger partial charge in [0.1, 0.15) is 11.2 Å². The van der Waals surface area contributed by atoms with Crippen molar-refractivity contribution in [1.29, 1.82) is 0 Å². The molecule has 2 aromatic rings. The van der Waals surface area contributed by atoms with Crippen LogP contribution in [0.15, 0.2) is 58.3 Å². The van der Waals surface area contributed by atoms with Gasteiger partial charge >= 0.3 is 12.2 Å². The molecule has 0 aliphatic carbocycles. The van der Waals surface area contributed by atoms with Gasteiger partial charge in [-0.15, -0.1) is 23.5 Å². The third-order valence-corrected chi connectivity index (χ3v) is 8.27. The van der Waals surface area contributed by atoms with Gasteiger partial charge in [0.25, 0.3) is 0 Å². The second-order valence-electron chi connectivity index (χ2n) is 12.6. The van der Waals surface area contributed by atoms with E-state index in [-0.39, 0.29) is 24.2 Å². The minimum absolute atomic E-state index is 0.00981.